The molecule has 156 valence electrons. The van der Waals surface area contributed by atoms with Crippen molar-refractivity contribution < 1.29 is 4.79 Å². The van der Waals surface area contributed by atoms with Gasteiger partial charge in [-0.15, -0.1) is 0 Å². The van der Waals surface area contributed by atoms with Gasteiger partial charge in [0, 0.05) is 47.0 Å². The van der Waals surface area contributed by atoms with Crippen molar-refractivity contribution in [3.05, 3.63) is 95.6 Å². The van der Waals surface area contributed by atoms with Crippen molar-refractivity contribution in [3.8, 4) is 0 Å². The van der Waals surface area contributed by atoms with Crippen molar-refractivity contribution in [2.45, 2.75) is 13.8 Å². The molecular formula is C24H24N6O. The number of aryl methyl sites for hydroxylation is 2. The van der Waals surface area contributed by atoms with E-state index in [0.29, 0.717) is 0 Å². The van der Waals surface area contributed by atoms with Crippen LogP contribution >= 0.6 is 0 Å². The van der Waals surface area contributed by atoms with E-state index in [1.54, 1.807) is 4.90 Å². The van der Waals surface area contributed by atoms with Crippen molar-refractivity contribution in [1.82, 2.24) is 20.1 Å². The van der Waals surface area contributed by atoms with E-state index in [2.05, 4.69) is 64.7 Å². The Morgan fingerprint density at radius 3 is 2.61 bits per heavy atom. The number of H-pyrrole nitrogens is 1. The Labute approximate surface area is 180 Å². The van der Waals surface area contributed by atoms with Crippen LogP contribution in [0.2, 0.25) is 0 Å². The summed E-state index contributed by atoms with van der Waals surface area (Å²) < 4.78 is 0. The Morgan fingerprint density at radius 2 is 1.84 bits per heavy atom. The van der Waals surface area contributed by atoms with E-state index in [1.165, 1.54) is 11.1 Å². The predicted octanol–water partition coefficient (Wildman–Crippen LogP) is 3.50. The van der Waals surface area contributed by atoms with E-state index in [1.807, 2.05) is 36.9 Å². The van der Waals surface area contributed by atoms with E-state index in [-0.39, 0.29) is 12.5 Å². The minimum Gasteiger partial charge on any atom is -0.368 e. The standard InChI is InChI=1S/C24H24N6O/c1-15-6-5-7-16(2)22(15)28-24-23(18-12-26-19-9-4-3-8-17(18)19)27-21-14-29(13-20(25)31)10-11-30(21)24/h3-12,14,26-28H,13H2,1-2H3,(H2,25,31). The van der Waals surface area contributed by atoms with Gasteiger partial charge in [0.25, 0.3) is 0 Å². The molecule has 1 aromatic heterocycles. The quantitative estimate of drug-likeness (QED) is 0.515. The fourth-order valence-electron chi connectivity index (χ4n) is 4.09. The smallest absolute Gasteiger partial charge is 0.237 e. The van der Waals surface area contributed by atoms with Crippen LogP contribution in [0.25, 0.3) is 16.6 Å². The number of benzene rings is 2. The summed E-state index contributed by atoms with van der Waals surface area (Å²) in [5.74, 6) is 1.38. The summed E-state index contributed by atoms with van der Waals surface area (Å²) in [7, 11) is 0. The average molecular weight is 412 g/mol. The number of carbonyl (C=O) groups is 1. The summed E-state index contributed by atoms with van der Waals surface area (Å²) in [5.41, 5.74) is 11.9. The molecule has 0 saturated carbocycles. The molecule has 5 rings (SSSR count). The highest BCUT2D eigenvalue weighted by Gasteiger charge is 2.31. The van der Waals surface area contributed by atoms with Gasteiger partial charge in [0.2, 0.25) is 5.91 Å². The third kappa shape index (κ3) is 3.30. The maximum absolute atomic E-state index is 11.4. The number of amides is 1. The van der Waals surface area contributed by atoms with Gasteiger partial charge in [0.05, 0.1) is 5.70 Å². The molecule has 0 spiro atoms. The van der Waals surface area contributed by atoms with Crippen molar-refractivity contribution >= 4 is 28.2 Å². The van der Waals surface area contributed by atoms with Crippen LogP contribution in [0.3, 0.4) is 0 Å². The molecular weight excluding hydrogens is 388 g/mol. The normalized spacial score (nSPS) is 15.2. The molecule has 2 aliphatic rings. The Hall–Kier alpha value is -4.13. The van der Waals surface area contributed by atoms with Crippen molar-refractivity contribution in [3.63, 3.8) is 0 Å². The number of aromatic nitrogens is 1. The van der Waals surface area contributed by atoms with Crippen LogP contribution < -0.4 is 16.4 Å². The number of nitrogens with one attached hydrogen (secondary N) is 3. The molecule has 0 radical (unpaired) electrons. The van der Waals surface area contributed by atoms with E-state index in [0.717, 1.165) is 39.5 Å². The number of hydrogen-bond donors (Lipinski definition) is 4. The van der Waals surface area contributed by atoms with Crippen LogP contribution in [0.4, 0.5) is 5.69 Å². The topological polar surface area (TPSA) is 89.4 Å². The van der Waals surface area contributed by atoms with E-state index < -0.39 is 0 Å². The Balaban J connectivity index is 1.62. The number of rotatable bonds is 5. The maximum atomic E-state index is 11.4. The summed E-state index contributed by atoms with van der Waals surface area (Å²) in [6, 6.07) is 14.5. The van der Waals surface area contributed by atoms with Gasteiger partial charge >= 0.3 is 0 Å². The molecule has 7 nitrogen and oxygen atoms in total. The largest absolute Gasteiger partial charge is 0.368 e. The zero-order chi connectivity index (χ0) is 21.5. The lowest BCUT2D eigenvalue weighted by Crippen LogP contribution is -2.32. The Kier molecular flexibility index (Phi) is 4.43. The van der Waals surface area contributed by atoms with Gasteiger partial charge in [0.15, 0.2) is 0 Å². The molecule has 3 aromatic rings. The van der Waals surface area contributed by atoms with Crippen molar-refractivity contribution in [2.75, 3.05) is 11.9 Å². The maximum Gasteiger partial charge on any atom is 0.237 e. The molecule has 7 heteroatoms. The van der Waals surface area contributed by atoms with Crippen LogP contribution in [0.1, 0.15) is 16.7 Å². The number of aromatic amines is 1. The van der Waals surface area contributed by atoms with Crippen LogP contribution in [0.5, 0.6) is 0 Å². The molecule has 1 amide bonds. The number of nitrogens with zero attached hydrogens (tertiary/aromatic N) is 2. The minimum absolute atomic E-state index is 0.123. The van der Waals surface area contributed by atoms with E-state index in [4.69, 9.17) is 5.73 Å². The summed E-state index contributed by atoms with van der Waals surface area (Å²) in [5, 5.41) is 8.33. The SMILES string of the molecule is Cc1cccc(C)c1NC1=C(c2c[nH]c3ccccc23)NC2=CN(CC(N)=O)C=CN21. The Bertz CT molecular complexity index is 1260. The number of fused-ring (bicyclic) bond motifs is 2. The fourth-order valence-corrected chi connectivity index (χ4v) is 4.09. The van der Waals surface area contributed by atoms with E-state index >= 15 is 0 Å². The second-order valence-corrected chi connectivity index (χ2v) is 7.81. The van der Waals surface area contributed by atoms with Gasteiger partial charge < -0.3 is 26.3 Å². The van der Waals surface area contributed by atoms with Crippen LogP contribution in [0, 0.1) is 13.8 Å². The lowest BCUT2D eigenvalue weighted by atomic mass is 10.1. The highest BCUT2D eigenvalue weighted by Crippen LogP contribution is 2.36. The first kappa shape index (κ1) is 18.9. The Morgan fingerprint density at radius 1 is 1.06 bits per heavy atom. The lowest BCUT2D eigenvalue weighted by Gasteiger charge is -2.27. The van der Waals surface area contributed by atoms with Gasteiger partial charge in [-0.2, -0.15) is 0 Å². The first-order chi connectivity index (χ1) is 15.0. The average Bonchev–Trinajstić information content (AvgIpc) is 3.31. The second kappa shape index (κ2) is 7.28. The number of para-hydroxylation sites is 2. The fraction of sp³-hybridized carbons (Fsp3) is 0.125. The molecule has 5 N–H and O–H groups in total. The summed E-state index contributed by atoms with van der Waals surface area (Å²) >= 11 is 0. The van der Waals surface area contributed by atoms with Gasteiger partial charge in [-0.25, -0.2) is 0 Å². The first-order valence-electron chi connectivity index (χ1n) is 10.2. The van der Waals surface area contributed by atoms with Gasteiger partial charge in [-0.1, -0.05) is 36.4 Å². The van der Waals surface area contributed by atoms with Gasteiger partial charge in [-0.05, 0) is 31.0 Å². The van der Waals surface area contributed by atoms with Crippen LogP contribution in [-0.2, 0) is 4.79 Å². The highest BCUT2D eigenvalue weighted by molar-refractivity contribution is 5.94. The molecule has 0 atom stereocenters. The number of carbonyl (C=O) groups excluding carboxylic acids is 1. The van der Waals surface area contributed by atoms with Crippen LogP contribution in [0.15, 0.2) is 78.9 Å². The molecule has 0 aliphatic carbocycles. The molecule has 0 bridgehead atoms. The molecule has 2 aliphatic heterocycles. The van der Waals surface area contributed by atoms with Crippen molar-refractivity contribution in [1.29, 1.82) is 0 Å². The zero-order valence-electron chi connectivity index (χ0n) is 17.4. The third-order valence-electron chi connectivity index (χ3n) is 5.61. The van der Waals surface area contributed by atoms with Gasteiger partial charge in [-0.3, -0.25) is 9.69 Å². The zero-order valence-corrected chi connectivity index (χ0v) is 17.4. The molecule has 0 saturated heterocycles. The monoisotopic (exact) mass is 412 g/mol. The number of hydrogen-bond acceptors (Lipinski definition) is 5. The van der Waals surface area contributed by atoms with E-state index in [9.17, 15) is 4.79 Å². The third-order valence-corrected chi connectivity index (χ3v) is 5.61. The molecule has 0 unspecified atom stereocenters. The number of primary amides is 1. The van der Waals surface area contributed by atoms with Crippen molar-refractivity contribution in [2.24, 2.45) is 5.73 Å². The van der Waals surface area contributed by atoms with Gasteiger partial charge in [0.1, 0.15) is 18.2 Å². The van der Waals surface area contributed by atoms with Crippen LogP contribution in [-0.4, -0.2) is 27.2 Å². The number of nitrogens with two attached hydrogens (primary N) is 1. The molecule has 2 aromatic carbocycles. The second-order valence-electron chi connectivity index (χ2n) is 7.81. The predicted molar refractivity (Wildman–Crippen MR) is 123 cm³/mol. The summed E-state index contributed by atoms with van der Waals surface area (Å²) in [4.78, 5) is 18.6. The molecule has 31 heavy (non-hydrogen) atoms. The molecule has 0 fully saturated rings. The highest BCUT2D eigenvalue weighted by atomic mass is 16.1. The first-order valence-corrected chi connectivity index (χ1v) is 10.2. The number of anilines is 1. The molecule has 3 heterocycles. The minimum atomic E-state index is -0.383. The lowest BCUT2D eigenvalue weighted by molar-refractivity contribution is -0.118. The summed E-state index contributed by atoms with van der Waals surface area (Å²) in [6.45, 7) is 4.32. The summed E-state index contributed by atoms with van der Waals surface area (Å²) in [6.07, 6.45) is 7.69.